The molecule has 4 aliphatic rings. The van der Waals surface area contributed by atoms with Gasteiger partial charge in [-0.2, -0.15) is 0 Å². The van der Waals surface area contributed by atoms with Gasteiger partial charge in [0.05, 0.1) is 0 Å². The van der Waals surface area contributed by atoms with E-state index < -0.39 is 0 Å². The lowest BCUT2D eigenvalue weighted by molar-refractivity contribution is -0.0169. The summed E-state index contributed by atoms with van der Waals surface area (Å²) in [7, 11) is 0. The van der Waals surface area contributed by atoms with E-state index in [1.54, 1.807) is 6.42 Å². The highest BCUT2D eigenvalue weighted by Gasteiger charge is 2.48. The summed E-state index contributed by atoms with van der Waals surface area (Å²) < 4.78 is 1.17. The molecule has 0 radical (unpaired) electrons. The van der Waals surface area contributed by atoms with Crippen LogP contribution in [0, 0.1) is 23.7 Å². The van der Waals surface area contributed by atoms with Crippen LogP contribution in [-0.2, 0) is 6.42 Å². The lowest BCUT2D eigenvalue weighted by Crippen LogP contribution is -2.56. The molecule has 0 saturated heterocycles. The summed E-state index contributed by atoms with van der Waals surface area (Å²) in [6, 6.07) is 10.2. The van der Waals surface area contributed by atoms with Crippen molar-refractivity contribution in [1.82, 2.24) is 5.32 Å². The largest absolute Gasteiger partial charge is 0.311 e. The van der Waals surface area contributed by atoms with Crippen LogP contribution in [0.5, 0.6) is 0 Å². The Bertz CT molecular complexity index is 467. The van der Waals surface area contributed by atoms with Gasteiger partial charge in [-0.25, -0.2) is 0 Å². The Hall–Kier alpha value is -0.340. The molecule has 1 unspecified atom stereocenters. The number of nitrogens with one attached hydrogen (secondary N) is 1. The Balaban J connectivity index is 1.38. The van der Waals surface area contributed by atoms with E-state index >= 15 is 0 Å². The third-order valence-corrected chi connectivity index (χ3v) is 6.69. The Labute approximate surface area is 137 Å². The predicted molar refractivity (Wildman–Crippen MR) is 91.3 cm³/mol. The first kappa shape index (κ1) is 14.3. The molecule has 0 spiro atoms. The second-order valence-electron chi connectivity index (χ2n) is 7.85. The van der Waals surface area contributed by atoms with E-state index in [-0.39, 0.29) is 0 Å². The van der Waals surface area contributed by atoms with Gasteiger partial charge < -0.3 is 5.32 Å². The third kappa shape index (κ3) is 2.94. The highest BCUT2D eigenvalue weighted by molar-refractivity contribution is 9.10. The van der Waals surface area contributed by atoms with Crippen molar-refractivity contribution in [3.8, 4) is 0 Å². The van der Waals surface area contributed by atoms with Crippen LogP contribution in [0.4, 0.5) is 0 Å². The molecule has 0 heterocycles. The van der Waals surface area contributed by atoms with Crippen LogP contribution in [0.1, 0.15) is 44.6 Å². The van der Waals surface area contributed by atoms with Gasteiger partial charge in [0, 0.05) is 16.6 Å². The molecule has 4 bridgehead atoms. The summed E-state index contributed by atoms with van der Waals surface area (Å²) in [5, 5.41) is 4.01. The van der Waals surface area contributed by atoms with Crippen molar-refractivity contribution in [2.24, 2.45) is 23.7 Å². The summed E-state index contributed by atoms with van der Waals surface area (Å²) >= 11 is 3.52. The molecule has 1 N–H and O–H groups in total. The molecule has 1 nitrogen and oxygen atoms in total. The second-order valence-corrected chi connectivity index (χ2v) is 8.77. The van der Waals surface area contributed by atoms with Crippen LogP contribution in [-0.4, -0.2) is 12.1 Å². The normalized spacial score (nSPS) is 38.7. The standard InChI is InChI=1S/C19H26BrN/c1-12(6-13-2-4-18(20)5-3-13)21-19-16-8-14-7-15(10-16)11-17(19)9-14/h2-5,12,14-17,19,21H,6-11H2,1H3. The van der Waals surface area contributed by atoms with Gasteiger partial charge >= 0.3 is 0 Å². The molecule has 4 fully saturated rings. The van der Waals surface area contributed by atoms with E-state index in [1.807, 2.05) is 0 Å². The minimum Gasteiger partial charge on any atom is -0.311 e. The van der Waals surface area contributed by atoms with Gasteiger partial charge in [-0.1, -0.05) is 28.1 Å². The quantitative estimate of drug-likeness (QED) is 0.825. The zero-order valence-corrected chi connectivity index (χ0v) is 14.5. The van der Waals surface area contributed by atoms with Crippen LogP contribution in [0.3, 0.4) is 0 Å². The molecule has 1 aromatic rings. The van der Waals surface area contributed by atoms with Crippen molar-refractivity contribution in [2.75, 3.05) is 0 Å². The zero-order chi connectivity index (χ0) is 14.4. The van der Waals surface area contributed by atoms with Gasteiger partial charge in [0.1, 0.15) is 0 Å². The molecule has 0 aliphatic heterocycles. The van der Waals surface area contributed by atoms with E-state index in [4.69, 9.17) is 0 Å². The van der Waals surface area contributed by atoms with Gasteiger partial charge in [-0.15, -0.1) is 0 Å². The fourth-order valence-electron chi connectivity index (χ4n) is 5.56. The maximum absolute atomic E-state index is 4.01. The summed E-state index contributed by atoms with van der Waals surface area (Å²) in [5.74, 6) is 4.11. The molecule has 1 atom stereocenters. The molecule has 1 aromatic carbocycles. The maximum Gasteiger partial charge on any atom is 0.0175 e. The van der Waals surface area contributed by atoms with Crippen molar-refractivity contribution in [1.29, 1.82) is 0 Å². The van der Waals surface area contributed by atoms with E-state index in [0.717, 1.165) is 36.1 Å². The van der Waals surface area contributed by atoms with Gasteiger partial charge in [0.15, 0.2) is 0 Å². The van der Waals surface area contributed by atoms with E-state index in [9.17, 15) is 0 Å². The molecule has 4 saturated carbocycles. The van der Waals surface area contributed by atoms with Gasteiger partial charge in [0.2, 0.25) is 0 Å². The van der Waals surface area contributed by atoms with Crippen LogP contribution in [0.25, 0.3) is 0 Å². The topological polar surface area (TPSA) is 12.0 Å². The van der Waals surface area contributed by atoms with Crippen molar-refractivity contribution in [3.63, 3.8) is 0 Å². The minimum atomic E-state index is 0.591. The first-order chi connectivity index (χ1) is 10.2. The van der Waals surface area contributed by atoms with E-state index in [2.05, 4.69) is 52.4 Å². The summed E-state index contributed by atoms with van der Waals surface area (Å²) in [4.78, 5) is 0. The molecule has 4 aliphatic carbocycles. The maximum atomic E-state index is 4.01. The zero-order valence-electron chi connectivity index (χ0n) is 12.9. The number of halogens is 1. The highest BCUT2D eigenvalue weighted by Crippen LogP contribution is 2.53. The molecule has 2 heteroatoms. The lowest BCUT2D eigenvalue weighted by atomic mass is 9.54. The Morgan fingerprint density at radius 3 is 2.14 bits per heavy atom. The van der Waals surface area contributed by atoms with Crippen LogP contribution < -0.4 is 5.32 Å². The molecule has 114 valence electrons. The number of hydrogen-bond donors (Lipinski definition) is 1. The monoisotopic (exact) mass is 347 g/mol. The first-order valence-corrected chi connectivity index (χ1v) is 9.47. The third-order valence-electron chi connectivity index (χ3n) is 6.16. The fraction of sp³-hybridized carbons (Fsp3) is 0.684. The minimum absolute atomic E-state index is 0.591. The van der Waals surface area contributed by atoms with Gasteiger partial charge in [-0.05, 0) is 86.8 Å². The van der Waals surface area contributed by atoms with Crippen molar-refractivity contribution in [2.45, 2.75) is 57.5 Å². The Morgan fingerprint density at radius 2 is 1.57 bits per heavy atom. The predicted octanol–water partition coefficient (Wildman–Crippen LogP) is 4.79. The van der Waals surface area contributed by atoms with Crippen molar-refractivity contribution >= 4 is 15.9 Å². The fourth-order valence-corrected chi connectivity index (χ4v) is 5.82. The molecular formula is C19H26BrN. The Kier molecular flexibility index (Phi) is 3.87. The van der Waals surface area contributed by atoms with E-state index in [1.165, 1.54) is 35.7 Å². The average Bonchev–Trinajstić information content (AvgIpc) is 2.45. The van der Waals surface area contributed by atoms with Gasteiger partial charge in [-0.3, -0.25) is 0 Å². The first-order valence-electron chi connectivity index (χ1n) is 8.68. The molecule has 0 amide bonds. The van der Waals surface area contributed by atoms with E-state index in [0.29, 0.717) is 6.04 Å². The lowest BCUT2D eigenvalue weighted by Gasteiger charge is -2.55. The van der Waals surface area contributed by atoms with Crippen molar-refractivity contribution < 1.29 is 0 Å². The number of benzene rings is 1. The molecule has 21 heavy (non-hydrogen) atoms. The molecule has 0 aromatic heterocycles. The summed E-state index contributed by atoms with van der Waals surface area (Å²) in [6.07, 6.45) is 8.74. The number of hydrogen-bond acceptors (Lipinski definition) is 1. The molecular weight excluding hydrogens is 322 g/mol. The second kappa shape index (κ2) is 5.70. The average molecular weight is 348 g/mol. The summed E-state index contributed by atoms with van der Waals surface area (Å²) in [6.45, 7) is 2.37. The highest BCUT2D eigenvalue weighted by atomic mass is 79.9. The summed E-state index contributed by atoms with van der Waals surface area (Å²) in [5.41, 5.74) is 1.45. The SMILES string of the molecule is CC(Cc1ccc(Br)cc1)NC1C2CC3CC(C2)CC1C3. The smallest absolute Gasteiger partial charge is 0.0175 e. The molecule has 5 rings (SSSR count). The van der Waals surface area contributed by atoms with Gasteiger partial charge in [0.25, 0.3) is 0 Å². The van der Waals surface area contributed by atoms with Crippen LogP contribution in [0.15, 0.2) is 28.7 Å². The number of rotatable bonds is 4. The van der Waals surface area contributed by atoms with Crippen LogP contribution in [0.2, 0.25) is 0 Å². The van der Waals surface area contributed by atoms with Crippen LogP contribution >= 0.6 is 15.9 Å². The van der Waals surface area contributed by atoms with Crippen molar-refractivity contribution in [3.05, 3.63) is 34.3 Å². The Morgan fingerprint density at radius 1 is 1.00 bits per heavy atom.